The Morgan fingerprint density at radius 2 is 1.05 bits per heavy atom. The van der Waals surface area contributed by atoms with Crippen LogP contribution in [0.3, 0.4) is 0 Å². The zero-order valence-electron chi connectivity index (χ0n) is 22.8. The van der Waals surface area contributed by atoms with E-state index in [1.165, 1.54) is 11.1 Å². The van der Waals surface area contributed by atoms with Gasteiger partial charge in [0, 0.05) is 50.2 Å². The molecule has 0 saturated carbocycles. The van der Waals surface area contributed by atoms with Crippen molar-refractivity contribution in [2.45, 2.75) is 12.6 Å². The second-order valence-corrected chi connectivity index (χ2v) is 11.3. The summed E-state index contributed by atoms with van der Waals surface area (Å²) in [6.45, 7) is 1.30. The Balaban J connectivity index is 1.54. The first-order valence-electron chi connectivity index (χ1n) is 14.0. The smallest absolute Gasteiger partial charge is 0.140 e. The van der Waals surface area contributed by atoms with Crippen molar-refractivity contribution in [2.24, 2.45) is 0 Å². The van der Waals surface area contributed by atoms with E-state index in [1.807, 2.05) is 36.4 Å². The molecule has 6 aromatic rings. The highest BCUT2D eigenvalue weighted by Gasteiger charge is 2.37. The summed E-state index contributed by atoms with van der Waals surface area (Å²) in [5.41, 5.74) is 7.77. The molecule has 0 spiro atoms. The third-order valence-corrected chi connectivity index (χ3v) is 8.35. The first-order chi connectivity index (χ1) is 20.7. The standard InChI is InChI=1S/C37H28Cl2N2O/c38-29-16-20-31(21-17-29)40-24-33-34(37(28-14-8-3-9-15-28)42-36(33)27-12-6-2-7-13-27)35(26-10-4-1-5-11-26)41(25-40)32-22-18-30(39)19-23-32/h1-23,35H,24-25H2. The molecule has 2 heterocycles. The van der Waals surface area contributed by atoms with Gasteiger partial charge in [-0.15, -0.1) is 0 Å². The number of furan rings is 1. The number of rotatable bonds is 5. The third kappa shape index (κ3) is 5.07. The van der Waals surface area contributed by atoms with Crippen molar-refractivity contribution in [2.75, 3.05) is 16.5 Å². The minimum Gasteiger partial charge on any atom is -0.455 e. The van der Waals surface area contributed by atoms with Gasteiger partial charge in [0.2, 0.25) is 0 Å². The lowest BCUT2D eigenvalue weighted by atomic mass is 9.90. The summed E-state index contributed by atoms with van der Waals surface area (Å²) in [5, 5.41) is 1.42. The van der Waals surface area contributed by atoms with Gasteiger partial charge in [-0.25, -0.2) is 0 Å². The summed E-state index contributed by atoms with van der Waals surface area (Å²) in [6, 6.07) is 47.6. The van der Waals surface area contributed by atoms with Crippen molar-refractivity contribution in [3.05, 3.63) is 166 Å². The van der Waals surface area contributed by atoms with Crippen molar-refractivity contribution in [3.63, 3.8) is 0 Å². The Morgan fingerprint density at radius 3 is 1.62 bits per heavy atom. The van der Waals surface area contributed by atoms with Gasteiger partial charge in [0.05, 0.1) is 12.7 Å². The van der Waals surface area contributed by atoms with Crippen molar-refractivity contribution in [1.29, 1.82) is 0 Å². The maximum Gasteiger partial charge on any atom is 0.140 e. The molecule has 1 unspecified atom stereocenters. The van der Waals surface area contributed by atoms with Crippen LogP contribution in [0.4, 0.5) is 11.4 Å². The van der Waals surface area contributed by atoms with Crippen LogP contribution in [0, 0.1) is 0 Å². The molecule has 1 aliphatic heterocycles. The maximum absolute atomic E-state index is 6.96. The Bertz CT molecular complexity index is 1790. The lowest BCUT2D eigenvalue weighted by Gasteiger charge is -2.36. The average molecular weight is 588 g/mol. The van der Waals surface area contributed by atoms with E-state index < -0.39 is 0 Å². The van der Waals surface area contributed by atoms with E-state index in [2.05, 4.69) is 113 Å². The van der Waals surface area contributed by atoms with Gasteiger partial charge in [0.1, 0.15) is 11.5 Å². The second-order valence-electron chi connectivity index (χ2n) is 10.5. The molecule has 1 aromatic heterocycles. The van der Waals surface area contributed by atoms with E-state index in [-0.39, 0.29) is 6.04 Å². The molecule has 7 rings (SSSR count). The predicted octanol–water partition coefficient (Wildman–Crippen LogP) is 10.5. The lowest BCUT2D eigenvalue weighted by molar-refractivity contribution is 0.582. The van der Waals surface area contributed by atoms with E-state index in [0.29, 0.717) is 23.3 Å². The topological polar surface area (TPSA) is 19.6 Å². The van der Waals surface area contributed by atoms with Crippen molar-refractivity contribution in [1.82, 2.24) is 0 Å². The van der Waals surface area contributed by atoms with Crippen molar-refractivity contribution >= 4 is 34.6 Å². The van der Waals surface area contributed by atoms with Crippen molar-refractivity contribution < 1.29 is 4.42 Å². The van der Waals surface area contributed by atoms with Crippen LogP contribution in [0.15, 0.2) is 144 Å². The highest BCUT2D eigenvalue weighted by Crippen LogP contribution is 2.48. The van der Waals surface area contributed by atoms with Gasteiger partial charge >= 0.3 is 0 Å². The summed E-state index contributed by atoms with van der Waals surface area (Å²) < 4.78 is 6.96. The number of nitrogens with zero attached hydrogens (tertiary/aromatic N) is 2. The van der Waals surface area contributed by atoms with E-state index in [4.69, 9.17) is 27.6 Å². The van der Waals surface area contributed by atoms with E-state index in [1.54, 1.807) is 0 Å². The van der Waals surface area contributed by atoms with Gasteiger partial charge in [-0.2, -0.15) is 0 Å². The zero-order valence-corrected chi connectivity index (χ0v) is 24.3. The number of hydrogen-bond donors (Lipinski definition) is 0. The highest BCUT2D eigenvalue weighted by molar-refractivity contribution is 6.30. The predicted molar refractivity (Wildman–Crippen MR) is 174 cm³/mol. The summed E-state index contributed by atoms with van der Waals surface area (Å²) in [4.78, 5) is 4.84. The molecule has 0 aliphatic carbocycles. The molecule has 3 nitrogen and oxygen atoms in total. The van der Waals surface area contributed by atoms with Crippen LogP contribution in [0.2, 0.25) is 10.0 Å². The van der Waals surface area contributed by atoms with Gasteiger partial charge in [0.25, 0.3) is 0 Å². The van der Waals surface area contributed by atoms with E-state index >= 15 is 0 Å². The quantitative estimate of drug-likeness (QED) is 0.200. The van der Waals surface area contributed by atoms with Gasteiger partial charge in [-0.3, -0.25) is 0 Å². The summed E-state index contributed by atoms with van der Waals surface area (Å²) in [6.07, 6.45) is 0. The fraction of sp³-hybridized carbons (Fsp3) is 0.0811. The molecule has 0 saturated heterocycles. The first kappa shape index (κ1) is 26.5. The van der Waals surface area contributed by atoms with Crippen LogP contribution < -0.4 is 9.80 Å². The van der Waals surface area contributed by atoms with Crippen molar-refractivity contribution in [3.8, 4) is 22.6 Å². The second kappa shape index (κ2) is 11.4. The van der Waals surface area contributed by atoms with E-state index in [0.717, 1.165) is 39.6 Å². The van der Waals surface area contributed by atoms with Gasteiger partial charge in [-0.05, 0) is 54.1 Å². The molecule has 0 fully saturated rings. The number of fused-ring (bicyclic) bond motifs is 1. The Labute approximate surface area is 256 Å². The molecular weight excluding hydrogens is 559 g/mol. The molecule has 5 aromatic carbocycles. The Hall–Kier alpha value is -4.44. The summed E-state index contributed by atoms with van der Waals surface area (Å²) in [5.74, 6) is 1.78. The minimum absolute atomic E-state index is 0.129. The molecular formula is C37H28Cl2N2O. The van der Waals surface area contributed by atoms with Crippen LogP contribution in [-0.4, -0.2) is 6.67 Å². The van der Waals surface area contributed by atoms with Gasteiger partial charge in [0.15, 0.2) is 0 Å². The largest absolute Gasteiger partial charge is 0.455 e. The average Bonchev–Trinajstić information content (AvgIpc) is 3.31. The lowest BCUT2D eigenvalue weighted by Crippen LogP contribution is -2.38. The minimum atomic E-state index is -0.129. The van der Waals surface area contributed by atoms with E-state index in [9.17, 15) is 0 Å². The van der Waals surface area contributed by atoms with Crippen LogP contribution in [0.1, 0.15) is 22.7 Å². The Kier molecular flexibility index (Phi) is 7.21. The fourth-order valence-electron chi connectivity index (χ4n) is 5.88. The van der Waals surface area contributed by atoms with Crippen LogP contribution in [0.25, 0.3) is 22.6 Å². The summed E-state index contributed by atoms with van der Waals surface area (Å²) in [7, 11) is 0. The molecule has 206 valence electrons. The zero-order chi connectivity index (χ0) is 28.5. The summed E-state index contributed by atoms with van der Waals surface area (Å²) >= 11 is 12.7. The monoisotopic (exact) mass is 586 g/mol. The first-order valence-corrected chi connectivity index (χ1v) is 14.8. The molecule has 0 radical (unpaired) electrons. The molecule has 5 heteroatoms. The van der Waals surface area contributed by atoms with Gasteiger partial charge in [-0.1, -0.05) is 114 Å². The maximum atomic E-state index is 6.96. The molecule has 42 heavy (non-hydrogen) atoms. The number of hydrogen-bond acceptors (Lipinski definition) is 3. The molecule has 0 N–H and O–H groups in total. The number of anilines is 2. The number of halogens is 2. The van der Waals surface area contributed by atoms with Gasteiger partial charge < -0.3 is 14.2 Å². The SMILES string of the molecule is Clc1ccc(N2Cc3c(-c4ccccc4)oc(-c4ccccc4)c3C(c3ccccc3)N(c3ccc(Cl)cc3)C2)cc1. The van der Waals surface area contributed by atoms with Crippen LogP contribution >= 0.6 is 23.2 Å². The van der Waals surface area contributed by atoms with Crippen LogP contribution in [-0.2, 0) is 6.54 Å². The van der Waals surface area contributed by atoms with Crippen LogP contribution in [0.5, 0.6) is 0 Å². The Morgan fingerprint density at radius 1 is 0.548 bits per heavy atom. The fourth-order valence-corrected chi connectivity index (χ4v) is 6.14. The number of benzene rings is 5. The molecule has 1 aliphatic rings. The third-order valence-electron chi connectivity index (χ3n) is 7.84. The molecule has 0 amide bonds. The molecule has 1 atom stereocenters. The molecule has 0 bridgehead atoms. The normalized spacial score (nSPS) is 14.9. The highest BCUT2D eigenvalue weighted by atomic mass is 35.5.